The van der Waals surface area contributed by atoms with Crippen molar-refractivity contribution >= 4 is 0 Å². The van der Waals surface area contributed by atoms with Gasteiger partial charge in [-0.05, 0) is 50.4 Å². The Balaban J connectivity index is 2.13. The van der Waals surface area contributed by atoms with Crippen LogP contribution in [0, 0.1) is 0 Å². The number of methoxy groups -OCH3 is 1. The molecule has 0 aromatic heterocycles. The van der Waals surface area contributed by atoms with E-state index >= 15 is 0 Å². The van der Waals surface area contributed by atoms with E-state index in [9.17, 15) is 0 Å². The zero-order valence-electron chi connectivity index (χ0n) is 10.6. The average molecular weight is 237 g/mol. The molecule has 1 rings (SSSR count). The molecule has 2 N–H and O–H groups in total. The van der Waals surface area contributed by atoms with Crippen molar-refractivity contribution in [2.75, 3.05) is 26.8 Å². The maximum absolute atomic E-state index is 8.64. The van der Waals surface area contributed by atoms with Crippen LogP contribution in [0.2, 0.25) is 0 Å². The van der Waals surface area contributed by atoms with Crippen LogP contribution in [0.5, 0.6) is 5.75 Å². The highest BCUT2D eigenvalue weighted by Crippen LogP contribution is 2.17. The van der Waals surface area contributed by atoms with Gasteiger partial charge in [0.05, 0.1) is 7.11 Å². The summed E-state index contributed by atoms with van der Waals surface area (Å²) >= 11 is 0. The zero-order chi connectivity index (χ0) is 12.3. The molecule has 0 saturated carbocycles. The van der Waals surface area contributed by atoms with Crippen LogP contribution < -0.4 is 10.1 Å². The normalized spacial score (nSPS) is 10.5. The number of para-hydroxylation sites is 1. The molecular formula is C14H23NO2. The molecule has 0 heterocycles. The van der Waals surface area contributed by atoms with Crippen LogP contribution in [-0.2, 0) is 6.42 Å². The lowest BCUT2D eigenvalue weighted by atomic mass is 10.1. The van der Waals surface area contributed by atoms with Crippen molar-refractivity contribution in [3.8, 4) is 5.75 Å². The second kappa shape index (κ2) is 9.02. The molecule has 0 aliphatic carbocycles. The van der Waals surface area contributed by atoms with E-state index < -0.39 is 0 Å². The third-order valence-corrected chi connectivity index (χ3v) is 2.78. The van der Waals surface area contributed by atoms with Crippen molar-refractivity contribution in [1.29, 1.82) is 0 Å². The fourth-order valence-electron chi connectivity index (χ4n) is 1.80. The number of aliphatic hydroxyl groups excluding tert-OH is 1. The van der Waals surface area contributed by atoms with Crippen LogP contribution in [0.3, 0.4) is 0 Å². The van der Waals surface area contributed by atoms with Gasteiger partial charge in [0.25, 0.3) is 0 Å². The summed E-state index contributed by atoms with van der Waals surface area (Å²) in [5.41, 5.74) is 1.25. The molecule has 3 heteroatoms. The van der Waals surface area contributed by atoms with Gasteiger partial charge in [-0.2, -0.15) is 0 Å². The molecule has 96 valence electrons. The number of nitrogens with one attached hydrogen (secondary N) is 1. The minimum Gasteiger partial charge on any atom is -0.496 e. The van der Waals surface area contributed by atoms with E-state index in [1.165, 1.54) is 5.56 Å². The van der Waals surface area contributed by atoms with Crippen molar-refractivity contribution in [2.45, 2.75) is 25.7 Å². The summed E-state index contributed by atoms with van der Waals surface area (Å²) in [6.07, 6.45) is 4.13. The monoisotopic (exact) mass is 237 g/mol. The average Bonchev–Trinajstić information content (AvgIpc) is 2.38. The van der Waals surface area contributed by atoms with Crippen molar-refractivity contribution in [3.63, 3.8) is 0 Å². The first-order valence-corrected chi connectivity index (χ1v) is 6.32. The lowest BCUT2D eigenvalue weighted by Crippen LogP contribution is -2.18. The molecule has 0 amide bonds. The largest absolute Gasteiger partial charge is 0.496 e. The van der Waals surface area contributed by atoms with Gasteiger partial charge in [-0.15, -0.1) is 0 Å². The predicted molar refractivity (Wildman–Crippen MR) is 70.5 cm³/mol. The van der Waals surface area contributed by atoms with Crippen molar-refractivity contribution in [3.05, 3.63) is 29.8 Å². The summed E-state index contributed by atoms with van der Waals surface area (Å²) < 4.78 is 5.30. The van der Waals surface area contributed by atoms with Gasteiger partial charge in [0.15, 0.2) is 0 Å². The number of benzene rings is 1. The molecule has 0 aliphatic rings. The standard InChI is InChI=1S/C14H23NO2/c1-17-14-8-4-3-7-13(14)9-11-15-10-5-2-6-12-16/h3-4,7-8,15-16H,2,5-6,9-12H2,1H3. The summed E-state index contributed by atoms with van der Waals surface area (Å²) in [6.45, 7) is 2.30. The van der Waals surface area contributed by atoms with E-state index in [0.29, 0.717) is 6.61 Å². The number of hydrogen-bond acceptors (Lipinski definition) is 3. The molecule has 3 nitrogen and oxygen atoms in total. The van der Waals surface area contributed by atoms with E-state index in [1.807, 2.05) is 18.2 Å². The molecule has 0 spiro atoms. The van der Waals surface area contributed by atoms with E-state index in [-0.39, 0.29) is 0 Å². The van der Waals surface area contributed by atoms with E-state index in [2.05, 4.69) is 11.4 Å². The lowest BCUT2D eigenvalue weighted by molar-refractivity contribution is 0.283. The van der Waals surface area contributed by atoms with Gasteiger partial charge in [-0.25, -0.2) is 0 Å². The Labute approximate surface area is 104 Å². The van der Waals surface area contributed by atoms with Crippen LogP contribution in [0.25, 0.3) is 0 Å². The summed E-state index contributed by atoms with van der Waals surface area (Å²) in [6, 6.07) is 8.13. The molecule has 0 fully saturated rings. The highest BCUT2D eigenvalue weighted by atomic mass is 16.5. The molecule has 1 aromatic carbocycles. The Morgan fingerprint density at radius 3 is 2.71 bits per heavy atom. The van der Waals surface area contributed by atoms with Gasteiger partial charge in [0.1, 0.15) is 5.75 Å². The quantitative estimate of drug-likeness (QED) is 0.645. The Bertz CT molecular complexity index is 302. The summed E-state index contributed by atoms with van der Waals surface area (Å²) in [7, 11) is 1.71. The first-order valence-electron chi connectivity index (χ1n) is 6.32. The molecule has 0 radical (unpaired) electrons. The molecule has 1 aromatic rings. The first-order chi connectivity index (χ1) is 8.38. The summed E-state index contributed by atoms with van der Waals surface area (Å²) in [5, 5.41) is 12.0. The number of unbranched alkanes of at least 4 members (excludes halogenated alkanes) is 2. The van der Waals surface area contributed by atoms with Crippen molar-refractivity contribution < 1.29 is 9.84 Å². The third-order valence-electron chi connectivity index (χ3n) is 2.78. The second-order valence-corrected chi connectivity index (χ2v) is 4.10. The van der Waals surface area contributed by atoms with Gasteiger partial charge in [-0.3, -0.25) is 0 Å². The van der Waals surface area contributed by atoms with Crippen LogP contribution in [0.4, 0.5) is 0 Å². The fraction of sp³-hybridized carbons (Fsp3) is 0.571. The van der Waals surface area contributed by atoms with Gasteiger partial charge in [0, 0.05) is 6.61 Å². The highest BCUT2D eigenvalue weighted by molar-refractivity contribution is 5.33. The predicted octanol–water partition coefficient (Wildman–Crippen LogP) is 1.99. The minimum atomic E-state index is 0.307. The molecule has 17 heavy (non-hydrogen) atoms. The second-order valence-electron chi connectivity index (χ2n) is 4.10. The third kappa shape index (κ3) is 5.71. The summed E-state index contributed by atoms with van der Waals surface area (Å²) in [5.74, 6) is 0.967. The van der Waals surface area contributed by atoms with Gasteiger partial charge in [0.2, 0.25) is 0 Å². The molecular weight excluding hydrogens is 214 g/mol. The lowest BCUT2D eigenvalue weighted by Gasteiger charge is -2.08. The fourth-order valence-corrected chi connectivity index (χ4v) is 1.80. The molecule has 0 unspecified atom stereocenters. The molecule has 0 atom stereocenters. The highest BCUT2D eigenvalue weighted by Gasteiger charge is 2.00. The first kappa shape index (κ1) is 14.0. The number of aliphatic hydroxyl groups is 1. The minimum absolute atomic E-state index is 0.307. The van der Waals surface area contributed by atoms with Gasteiger partial charge < -0.3 is 15.2 Å². The zero-order valence-corrected chi connectivity index (χ0v) is 10.6. The van der Waals surface area contributed by atoms with Crippen LogP contribution in [0.15, 0.2) is 24.3 Å². The van der Waals surface area contributed by atoms with Crippen molar-refractivity contribution in [1.82, 2.24) is 5.32 Å². The maximum Gasteiger partial charge on any atom is 0.122 e. The molecule has 0 bridgehead atoms. The number of hydrogen-bond donors (Lipinski definition) is 2. The summed E-state index contributed by atoms with van der Waals surface area (Å²) in [4.78, 5) is 0. The van der Waals surface area contributed by atoms with E-state index in [4.69, 9.17) is 9.84 Å². The van der Waals surface area contributed by atoms with Crippen LogP contribution in [-0.4, -0.2) is 31.9 Å². The van der Waals surface area contributed by atoms with Gasteiger partial charge >= 0.3 is 0 Å². The molecule has 0 saturated heterocycles. The maximum atomic E-state index is 8.64. The van der Waals surface area contributed by atoms with Gasteiger partial charge in [-0.1, -0.05) is 18.2 Å². The Morgan fingerprint density at radius 2 is 1.94 bits per heavy atom. The number of ether oxygens (including phenoxy) is 1. The van der Waals surface area contributed by atoms with E-state index in [1.54, 1.807) is 7.11 Å². The SMILES string of the molecule is COc1ccccc1CCNCCCCCO. The van der Waals surface area contributed by atoms with Crippen molar-refractivity contribution in [2.24, 2.45) is 0 Å². The van der Waals surface area contributed by atoms with Crippen LogP contribution in [0.1, 0.15) is 24.8 Å². The van der Waals surface area contributed by atoms with Crippen LogP contribution >= 0.6 is 0 Å². The van der Waals surface area contributed by atoms with E-state index in [0.717, 1.165) is 44.5 Å². The number of rotatable bonds is 9. The molecule has 0 aliphatic heterocycles. The Hall–Kier alpha value is -1.06. The smallest absolute Gasteiger partial charge is 0.122 e. The Morgan fingerprint density at radius 1 is 1.12 bits per heavy atom. The topological polar surface area (TPSA) is 41.5 Å². The Kier molecular flexibility index (Phi) is 7.43.